The zero-order valence-corrected chi connectivity index (χ0v) is 18.0. The molecule has 164 valence electrons. The maximum atomic E-state index is 13.5. The lowest BCUT2D eigenvalue weighted by Crippen LogP contribution is -2.54. The number of para-hydroxylation sites is 2. The molecule has 2 amide bonds. The molecule has 2 aliphatic heterocycles. The zero-order valence-electron chi connectivity index (χ0n) is 17.2. The molecule has 0 bridgehead atoms. The van der Waals surface area contributed by atoms with Gasteiger partial charge in [-0.2, -0.15) is 0 Å². The summed E-state index contributed by atoms with van der Waals surface area (Å²) in [5, 5.41) is 0. The molecule has 1 atom stereocenters. The molecule has 6 nitrogen and oxygen atoms in total. The first-order valence-corrected chi connectivity index (χ1v) is 11.2. The van der Waals surface area contributed by atoms with E-state index in [1.54, 1.807) is 34.1 Å². The van der Waals surface area contributed by atoms with Gasteiger partial charge in [-0.05, 0) is 42.0 Å². The summed E-state index contributed by atoms with van der Waals surface area (Å²) < 4.78 is 24.6. The minimum absolute atomic E-state index is 0.135. The van der Waals surface area contributed by atoms with Crippen LogP contribution >= 0.6 is 11.3 Å². The van der Waals surface area contributed by atoms with Crippen LogP contribution in [0.3, 0.4) is 0 Å². The number of hydrogen-bond acceptors (Lipinski definition) is 5. The molecule has 0 aliphatic carbocycles. The smallest absolute Gasteiger partial charge is 0.268 e. The summed E-state index contributed by atoms with van der Waals surface area (Å²) in [6.07, 6.45) is -0.775. The maximum Gasteiger partial charge on any atom is 0.268 e. The first kappa shape index (κ1) is 20.7. The van der Waals surface area contributed by atoms with Gasteiger partial charge >= 0.3 is 0 Å². The van der Waals surface area contributed by atoms with Crippen LogP contribution in [0.15, 0.2) is 60.7 Å². The van der Waals surface area contributed by atoms with Gasteiger partial charge in [0.1, 0.15) is 11.6 Å². The van der Waals surface area contributed by atoms with E-state index >= 15 is 0 Å². The number of halogens is 1. The van der Waals surface area contributed by atoms with Crippen LogP contribution in [0.5, 0.6) is 5.75 Å². The lowest BCUT2D eigenvalue weighted by atomic mass is 10.1. The molecule has 3 aromatic rings. The van der Waals surface area contributed by atoms with Crippen LogP contribution in [0.1, 0.15) is 9.67 Å². The van der Waals surface area contributed by atoms with Crippen molar-refractivity contribution in [1.29, 1.82) is 0 Å². The third kappa shape index (κ3) is 3.99. The zero-order chi connectivity index (χ0) is 22.1. The van der Waals surface area contributed by atoms with E-state index < -0.39 is 6.10 Å². The molecule has 0 saturated carbocycles. The number of carbonyl (C=O) groups excluding carboxylic acids is 2. The second kappa shape index (κ2) is 8.72. The van der Waals surface area contributed by atoms with Crippen LogP contribution in [-0.4, -0.2) is 55.7 Å². The van der Waals surface area contributed by atoms with Crippen LogP contribution in [0.25, 0.3) is 10.4 Å². The number of ether oxygens (including phenoxy) is 2. The molecule has 8 heteroatoms. The molecule has 2 aliphatic rings. The van der Waals surface area contributed by atoms with Crippen molar-refractivity contribution in [1.82, 2.24) is 4.90 Å². The molecule has 32 heavy (non-hydrogen) atoms. The number of carbonyl (C=O) groups is 2. The summed E-state index contributed by atoms with van der Waals surface area (Å²) in [5.41, 5.74) is 1.48. The van der Waals surface area contributed by atoms with Crippen molar-refractivity contribution in [3.63, 3.8) is 0 Å². The van der Waals surface area contributed by atoms with Gasteiger partial charge in [-0.25, -0.2) is 4.39 Å². The summed E-state index contributed by atoms with van der Waals surface area (Å²) in [6.45, 7) is 2.16. The molecular formula is C24H21FN2O4S. The number of anilines is 1. The molecule has 5 rings (SSSR count). The Kier molecular flexibility index (Phi) is 5.63. The number of thiophene rings is 1. The summed E-state index contributed by atoms with van der Waals surface area (Å²) >= 11 is 1.34. The molecule has 0 radical (unpaired) electrons. The van der Waals surface area contributed by atoms with Gasteiger partial charge in [0.15, 0.2) is 6.10 Å². The Balaban J connectivity index is 1.42. The van der Waals surface area contributed by atoms with E-state index in [0.29, 0.717) is 42.6 Å². The fourth-order valence-corrected chi connectivity index (χ4v) is 4.86. The molecular weight excluding hydrogens is 431 g/mol. The van der Waals surface area contributed by atoms with Crippen LogP contribution in [-0.2, 0) is 9.53 Å². The highest BCUT2D eigenvalue weighted by molar-refractivity contribution is 7.17. The highest BCUT2D eigenvalue weighted by Crippen LogP contribution is 2.36. The Labute approximate surface area is 188 Å². The van der Waals surface area contributed by atoms with Crippen LogP contribution < -0.4 is 9.64 Å². The van der Waals surface area contributed by atoms with Gasteiger partial charge in [-0.15, -0.1) is 11.3 Å². The molecule has 3 heterocycles. The van der Waals surface area contributed by atoms with E-state index in [0.717, 1.165) is 10.4 Å². The summed E-state index contributed by atoms with van der Waals surface area (Å²) in [5.74, 6) is -0.130. The lowest BCUT2D eigenvalue weighted by molar-refractivity contribution is -0.142. The Morgan fingerprint density at radius 1 is 0.969 bits per heavy atom. The van der Waals surface area contributed by atoms with E-state index in [-0.39, 0.29) is 24.2 Å². The van der Waals surface area contributed by atoms with Gasteiger partial charge in [-0.1, -0.05) is 24.3 Å². The third-order valence-electron chi connectivity index (χ3n) is 5.56. The number of hydrogen-bond donors (Lipinski definition) is 0. The number of fused-ring (bicyclic) bond motifs is 1. The SMILES string of the molecule is O=C(C1CN(C(=O)c2ccc(-c3ccc(F)cc3)s2)c2ccccc2O1)N1CCOCC1. The molecule has 0 N–H and O–H groups in total. The third-order valence-corrected chi connectivity index (χ3v) is 6.68. The van der Waals surface area contributed by atoms with E-state index in [9.17, 15) is 14.0 Å². The number of rotatable bonds is 3. The Hall–Kier alpha value is -3.23. The van der Waals surface area contributed by atoms with Gasteiger partial charge in [0.25, 0.3) is 11.8 Å². The second-order valence-electron chi connectivity index (χ2n) is 7.60. The number of amides is 2. The van der Waals surface area contributed by atoms with E-state index in [4.69, 9.17) is 9.47 Å². The Morgan fingerprint density at radius 3 is 2.50 bits per heavy atom. The lowest BCUT2D eigenvalue weighted by Gasteiger charge is -2.37. The van der Waals surface area contributed by atoms with E-state index in [1.807, 2.05) is 24.3 Å². The largest absolute Gasteiger partial charge is 0.476 e. The first-order valence-electron chi connectivity index (χ1n) is 10.4. The van der Waals surface area contributed by atoms with Crippen LogP contribution in [0.2, 0.25) is 0 Å². The predicted octanol–water partition coefficient (Wildman–Crippen LogP) is 3.82. The average molecular weight is 453 g/mol. The van der Waals surface area contributed by atoms with Gasteiger partial charge < -0.3 is 14.4 Å². The fourth-order valence-electron chi connectivity index (χ4n) is 3.90. The summed E-state index contributed by atoms with van der Waals surface area (Å²) in [6, 6.07) is 17.0. The Bertz CT molecular complexity index is 1140. The number of nitrogens with zero attached hydrogens (tertiary/aromatic N) is 2. The molecule has 1 aromatic heterocycles. The Morgan fingerprint density at radius 2 is 1.72 bits per heavy atom. The number of morpholine rings is 1. The maximum absolute atomic E-state index is 13.5. The normalized spacial score (nSPS) is 18.1. The monoisotopic (exact) mass is 452 g/mol. The van der Waals surface area contributed by atoms with Crippen molar-refractivity contribution in [2.24, 2.45) is 0 Å². The molecule has 1 fully saturated rings. The van der Waals surface area contributed by atoms with E-state index in [2.05, 4.69) is 0 Å². The van der Waals surface area contributed by atoms with Gasteiger partial charge in [0, 0.05) is 18.0 Å². The van der Waals surface area contributed by atoms with Gasteiger partial charge in [-0.3, -0.25) is 14.5 Å². The highest BCUT2D eigenvalue weighted by atomic mass is 32.1. The highest BCUT2D eigenvalue weighted by Gasteiger charge is 2.37. The molecule has 0 spiro atoms. The second-order valence-corrected chi connectivity index (χ2v) is 8.68. The van der Waals surface area contributed by atoms with Crippen LogP contribution in [0.4, 0.5) is 10.1 Å². The first-order chi connectivity index (χ1) is 15.6. The van der Waals surface area contributed by atoms with Crippen molar-refractivity contribution >= 4 is 28.8 Å². The predicted molar refractivity (Wildman–Crippen MR) is 120 cm³/mol. The minimum atomic E-state index is -0.775. The topological polar surface area (TPSA) is 59.1 Å². The van der Waals surface area contributed by atoms with Gasteiger partial charge in [0.2, 0.25) is 0 Å². The number of benzene rings is 2. The summed E-state index contributed by atoms with van der Waals surface area (Å²) in [4.78, 5) is 31.3. The standard InChI is InChI=1S/C24H21FN2O4S/c25-17-7-5-16(6-8-17)21-9-10-22(32-21)24(29)27-15-20(23(28)26-11-13-30-14-12-26)31-19-4-2-1-3-18(19)27/h1-10,20H,11-15H2. The van der Waals surface area contributed by atoms with Crippen molar-refractivity contribution in [3.05, 3.63) is 71.4 Å². The van der Waals surface area contributed by atoms with Crippen molar-refractivity contribution in [3.8, 4) is 16.2 Å². The fraction of sp³-hybridized carbons (Fsp3) is 0.250. The van der Waals surface area contributed by atoms with Crippen molar-refractivity contribution in [2.45, 2.75) is 6.10 Å². The van der Waals surface area contributed by atoms with Gasteiger partial charge in [0.05, 0.1) is 30.3 Å². The molecule has 2 aromatic carbocycles. The summed E-state index contributed by atoms with van der Waals surface area (Å²) in [7, 11) is 0. The van der Waals surface area contributed by atoms with Crippen molar-refractivity contribution in [2.75, 3.05) is 37.7 Å². The molecule has 1 unspecified atom stereocenters. The van der Waals surface area contributed by atoms with E-state index in [1.165, 1.54) is 23.5 Å². The average Bonchev–Trinajstić information content (AvgIpc) is 3.34. The molecule has 1 saturated heterocycles. The minimum Gasteiger partial charge on any atom is -0.476 e. The van der Waals surface area contributed by atoms with Crippen molar-refractivity contribution < 1.29 is 23.5 Å². The quantitative estimate of drug-likeness (QED) is 0.606. The van der Waals surface area contributed by atoms with Crippen LogP contribution in [0, 0.1) is 5.82 Å².